The van der Waals surface area contributed by atoms with Crippen LogP contribution in [0.15, 0.2) is 48.2 Å². The Morgan fingerprint density at radius 3 is 2.80 bits per heavy atom. The van der Waals surface area contributed by atoms with Crippen molar-refractivity contribution in [2.24, 2.45) is 0 Å². The minimum Gasteiger partial charge on any atom is -0.461 e. The minimum atomic E-state index is -0.506. The van der Waals surface area contributed by atoms with Crippen LogP contribution >= 0.6 is 11.3 Å². The van der Waals surface area contributed by atoms with Crippen LogP contribution in [0.25, 0.3) is 4.96 Å². The van der Waals surface area contributed by atoms with Gasteiger partial charge in [-0.05, 0) is 6.92 Å². The first-order valence-corrected chi connectivity index (χ1v) is 8.70. The third-order valence-corrected chi connectivity index (χ3v) is 3.79. The van der Waals surface area contributed by atoms with Gasteiger partial charge in [0.15, 0.2) is 10.7 Å². The molecule has 2 rings (SSSR count). The maximum absolute atomic E-state index is 11.7. The van der Waals surface area contributed by atoms with E-state index in [1.165, 1.54) is 23.6 Å². The number of thiazole rings is 1. The molecule has 0 saturated carbocycles. The summed E-state index contributed by atoms with van der Waals surface area (Å²) in [6, 6.07) is 0. The summed E-state index contributed by atoms with van der Waals surface area (Å²) in [6.45, 7) is 9.49. The van der Waals surface area contributed by atoms with Crippen molar-refractivity contribution in [1.82, 2.24) is 9.38 Å². The predicted molar refractivity (Wildman–Crippen MR) is 98.5 cm³/mol. The molecule has 0 radical (unpaired) electrons. The second-order valence-corrected chi connectivity index (χ2v) is 5.28. The Bertz CT molecular complexity index is 802. The Morgan fingerprint density at radius 2 is 2.20 bits per heavy atom. The van der Waals surface area contributed by atoms with E-state index in [1.807, 2.05) is 13.8 Å². The van der Waals surface area contributed by atoms with Crippen LogP contribution in [-0.4, -0.2) is 26.9 Å². The zero-order valence-electron chi connectivity index (χ0n) is 14.5. The number of ether oxygens (including phenoxy) is 1. The number of nitrogens with zero attached hydrogens (tertiary/aromatic N) is 3. The summed E-state index contributed by atoms with van der Waals surface area (Å²) in [7, 11) is 0. The van der Waals surface area contributed by atoms with Gasteiger partial charge < -0.3 is 4.74 Å². The quantitative estimate of drug-likeness (QED) is 0.321. The van der Waals surface area contributed by atoms with E-state index in [-0.39, 0.29) is 24.4 Å². The molecule has 7 nitrogen and oxygen atoms in total. The molecular weight excluding hydrogens is 342 g/mol. The Kier molecular flexibility index (Phi) is 8.28. The van der Waals surface area contributed by atoms with Gasteiger partial charge in [-0.25, -0.2) is 9.78 Å². The molecule has 2 aromatic rings. The summed E-state index contributed by atoms with van der Waals surface area (Å²) >= 11 is 1.31. The monoisotopic (exact) mass is 363 g/mol. The van der Waals surface area contributed by atoms with Crippen LogP contribution in [0.3, 0.4) is 0 Å². The van der Waals surface area contributed by atoms with Gasteiger partial charge in [-0.1, -0.05) is 38.7 Å². The van der Waals surface area contributed by atoms with Crippen LogP contribution in [0.2, 0.25) is 0 Å². The van der Waals surface area contributed by atoms with Gasteiger partial charge in [-0.15, -0.1) is 11.3 Å². The van der Waals surface area contributed by atoms with Gasteiger partial charge in [0.2, 0.25) is 0 Å². The van der Waals surface area contributed by atoms with Gasteiger partial charge >= 0.3 is 5.97 Å². The van der Waals surface area contributed by atoms with Crippen molar-refractivity contribution < 1.29 is 14.5 Å². The largest absolute Gasteiger partial charge is 0.461 e. The predicted octanol–water partition coefficient (Wildman–Crippen LogP) is 4.04. The number of carbonyl (C=O) groups is 1. The van der Waals surface area contributed by atoms with E-state index >= 15 is 0 Å². The molecule has 0 aliphatic rings. The fourth-order valence-electron chi connectivity index (χ4n) is 1.88. The Morgan fingerprint density at radius 1 is 1.48 bits per heavy atom. The van der Waals surface area contributed by atoms with Crippen LogP contribution in [0.4, 0.5) is 0 Å². The zero-order chi connectivity index (χ0) is 18.8. The van der Waals surface area contributed by atoms with Gasteiger partial charge in [0.25, 0.3) is 5.70 Å². The summed E-state index contributed by atoms with van der Waals surface area (Å²) in [5.41, 5.74) is 0.912. The number of imidazole rings is 1. The maximum Gasteiger partial charge on any atom is 0.358 e. The van der Waals surface area contributed by atoms with Crippen LogP contribution in [0, 0.1) is 10.1 Å². The second-order valence-electron chi connectivity index (χ2n) is 4.44. The molecule has 0 atom stereocenters. The van der Waals surface area contributed by atoms with Gasteiger partial charge in [0, 0.05) is 23.3 Å². The van der Waals surface area contributed by atoms with E-state index in [9.17, 15) is 14.9 Å². The van der Waals surface area contributed by atoms with Crippen molar-refractivity contribution in [2.75, 3.05) is 6.61 Å². The van der Waals surface area contributed by atoms with Gasteiger partial charge in [-0.2, -0.15) is 0 Å². The molecule has 0 bridgehead atoms. The standard InChI is InChI=1S/C15H15N3O4S.C2H6/c1-3-5-6-7-11(18(20)21)8-12-10-23-15-16-13(9-17(12)15)14(19)22-4-2;1-2/h3,5-7,9-10H,1,4,8H2,2H3;1-2H3/b6-5-,11-7+;. The molecule has 0 saturated heterocycles. The van der Waals surface area contributed by atoms with Crippen molar-refractivity contribution >= 4 is 22.3 Å². The van der Waals surface area contributed by atoms with E-state index in [0.29, 0.717) is 10.7 Å². The number of esters is 1. The molecule has 0 amide bonds. The number of aromatic nitrogens is 2. The van der Waals surface area contributed by atoms with E-state index in [0.717, 1.165) is 0 Å². The van der Waals surface area contributed by atoms with E-state index in [2.05, 4.69) is 11.6 Å². The summed E-state index contributed by atoms with van der Waals surface area (Å²) in [5, 5.41) is 12.9. The zero-order valence-corrected chi connectivity index (χ0v) is 15.3. The fraction of sp³-hybridized carbons (Fsp3) is 0.294. The SMILES string of the molecule is C=C/C=C\C=C(/Cc1csc2nc(C(=O)OCC)cn12)[N+](=O)[O-].CC. The lowest BCUT2D eigenvalue weighted by atomic mass is 10.2. The summed E-state index contributed by atoms with van der Waals surface area (Å²) in [6.07, 6.45) is 7.80. The Balaban J connectivity index is 0.00000151. The fourth-order valence-corrected chi connectivity index (χ4v) is 2.75. The molecular formula is C17H21N3O4S. The molecule has 2 aromatic heterocycles. The lowest BCUT2D eigenvalue weighted by Crippen LogP contribution is -2.05. The molecule has 0 fully saturated rings. The smallest absolute Gasteiger partial charge is 0.358 e. The number of hydrogen-bond donors (Lipinski definition) is 0. The van der Waals surface area contributed by atoms with Crippen molar-refractivity contribution in [1.29, 1.82) is 0 Å². The average Bonchev–Trinajstić information content (AvgIpc) is 3.17. The van der Waals surface area contributed by atoms with Crippen LogP contribution in [-0.2, 0) is 11.2 Å². The third-order valence-electron chi connectivity index (χ3n) is 2.90. The average molecular weight is 363 g/mol. The molecule has 8 heteroatoms. The van der Waals surface area contributed by atoms with Crippen molar-refractivity contribution in [2.45, 2.75) is 27.2 Å². The van der Waals surface area contributed by atoms with Crippen molar-refractivity contribution in [3.05, 3.63) is 69.7 Å². The van der Waals surface area contributed by atoms with Gasteiger partial charge in [0.1, 0.15) is 0 Å². The number of fused-ring (bicyclic) bond motifs is 1. The molecule has 25 heavy (non-hydrogen) atoms. The molecule has 134 valence electrons. The first kappa shape index (κ1) is 20.3. The second kappa shape index (κ2) is 10.2. The van der Waals surface area contributed by atoms with E-state index in [1.54, 1.807) is 34.9 Å². The molecule has 0 aliphatic heterocycles. The van der Waals surface area contributed by atoms with E-state index < -0.39 is 10.9 Å². The topological polar surface area (TPSA) is 86.7 Å². The maximum atomic E-state index is 11.7. The van der Waals surface area contributed by atoms with Crippen LogP contribution in [0.1, 0.15) is 37.0 Å². The Hall–Kier alpha value is -2.74. The highest BCUT2D eigenvalue weighted by molar-refractivity contribution is 7.15. The first-order valence-electron chi connectivity index (χ1n) is 7.82. The number of nitro groups is 1. The third kappa shape index (κ3) is 5.39. The molecule has 0 aromatic carbocycles. The summed E-state index contributed by atoms with van der Waals surface area (Å²) in [5.74, 6) is -0.506. The van der Waals surface area contributed by atoms with Crippen molar-refractivity contribution in [3.63, 3.8) is 0 Å². The first-order chi connectivity index (χ1) is 12.1. The molecule has 0 N–H and O–H groups in total. The highest BCUT2D eigenvalue weighted by Gasteiger charge is 2.18. The molecule has 2 heterocycles. The number of carbonyl (C=O) groups excluding carboxylic acids is 1. The molecule has 0 aliphatic carbocycles. The van der Waals surface area contributed by atoms with E-state index in [4.69, 9.17) is 4.74 Å². The van der Waals surface area contributed by atoms with Gasteiger partial charge in [-0.3, -0.25) is 14.5 Å². The number of hydrogen-bond acceptors (Lipinski definition) is 6. The number of rotatable bonds is 7. The highest BCUT2D eigenvalue weighted by atomic mass is 32.1. The highest BCUT2D eigenvalue weighted by Crippen LogP contribution is 2.20. The van der Waals surface area contributed by atoms with Gasteiger partial charge in [0.05, 0.1) is 18.0 Å². The lowest BCUT2D eigenvalue weighted by molar-refractivity contribution is -0.427. The number of allylic oxidation sites excluding steroid dienone is 5. The lowest BCUT2D eigenvalue weighted by Gasteiger charge is -1.98. The van der Waals surface area contributed by atoms with Crippen LogP contribution < -0.4 is 0 Å². The molecule has 0 spiro atoms. The summed E-state index contributed by atoms with van der Waals surface area (Å²) in [4.78, 5) is 27.2. The molecule has 0 unspecified atom stereocenters. The minimum absolute atomic E-state index is 0.0363. The van der Waals surface area contributed by atoms with Crippen LogP contribution in [0.5, 0.6) is 0 Å². The normalized spacial score (nSPS) is 11.2. The summed E-state index contributed by atoms with van der Waals surface area (Å²) < 4.78 is 6.58. The Labute approximate surface area is 150 Å². The van der Waals surface area contributed by atoms with Crippen molar-refractivity contribution in [3.8, 4) is 0 Å².